The predicted molar refractivity (Wildman–Crippen MR) is 156 cm³/mol. The Morgan fingerprint density at radius 3 is 1.95 bits per heavy atom. The number of carbonyl (C=O) groups is 2. The molecule has 0 aromatic heterocycles. The van der Waals surface area contributed by atoms with E-state index in [9.17, 15) is 18.0 Å². The zero-order valence-corrected chi connectivity index (χ0v) is 24.2. The van der Waals surface area contributed by atoms with Gasteiger partial charge >= 0.3 is 0 Å². The number of nitrogens with zero attached hydrogens (tertiary/aromatic N) is 2. The fourth-order valence-corrected chi connectivity index (χ4v) is 5.61. The summed E-state index contributed by atoms with van der Waals surface area (Å²) in [6, 6.07) is 22.1. The van der Waals surface area contributed by atoms with Crippen LogP contribution in [0.25, 0.3) is 0 Å². The third-order valence-corrected chi connectivity index (χ3v) is 8.26. The molecule has 3 aromatic rings. The molecule has 0 radical (unpaired) electrons. The molecule has 0 aliphatic heterocycles. The van der Waals surface area contributed by atoms with Gasteiger partial charge in [-0.2, -0.15) is 0 Å². The number of hydrogen-bond donors (Lipinski definition) is 1. The number of amides is 2. The molecule has 7 nitrogen and oxygen atoms in total. The number of benzene rings is 3. The molecule has 39 heavy (non-hydrogen) atoms. The van der Waals surface area contributed by atoms with Gasteiger partial charge in [0, 0.05) is 13.1 Å². The van der Waals surface area contributed by atoms with Gasteiger partial charge in [-0.15, -0.1) is 0 Å². The Bertz CT molecular complexity index is 1340. The maximum atomic E-state index is 14.0. The minimum absolute atomic E-state index is 0.0940. The maximum absolute atomic E-state index is 14.0. The van der Waals surface area contributed by atoms with E-state index >= 15 is 0 Å². The minimum atomic E-state index is -4.07. The van der Waals surface area contributed by atoms with Crippen LogP contribution in [0.2, 0.25) is 0 Å². The van der Waals surface area contributed by atoms with E-state index in [1.807, 2.05) is 58.9 Å². The van der Waals surface area contributed by atoms with Crippen molar-refractivity contribution >= 4 is 27.5 Å². The molecule has 3 rings (SSSR count). The average Bonchev–Trinajstić information content (AvgIpc) is 2.92. The number of rotatable bonds is 12. The second-order valence-corrected chi connectivity index (χ2v) is 12.1. The molecule has 2 amide bonds. The van der Waals surface area contributed by atoms with Crippen LogP contribution in [-0.2, 0) is 26.2 Å². The molecule has 0 heterocycles. The molecular formula is C31H39N3O4S. The molecule has 1 N–H and O–H groups in total. The van der Waals surface area contributed by atoms with E-state index in [2.05, 4.69) is 5.32 Å². The second-order valence-electron chi connectivity index (χ2n) is 10.2. The van der Waals surface area contributed by atoms with Gasteiger partial charge in [-0.1, -0.05) is 86.5 Å². The van der Waals surface area contributed by atoms with Crippen LogP contribution >= 0.6 is 0 Å². The number of para-hydroxylation sites is 1. The Morgan fingerprint density at radius 2 is 1.41 bits per heavy atom. The van der Waals surface area contributed by atoms with Gasteiger partial charge in [-0.05, 0) is 56.0 Å². The molecule has 0 saturated heterocycles. The third kappa shape index (κ3) is 7.93. The van der Waals surface area contributed by atoms with Crippen molar-refractivity contribution in [3.63, 3.8) is 0 Å². The van der Waals surface area contributed by atoms with Gasteiger partial charge in [-0.3, -0.25) is 13.9 Å². The van der Waals surface area contributed by atoms with Gasteiger partial charge in [0.1, 0.15) is 12.6 Å². The Hall–Kier alpha value is -3.65. The largest absolute Gasteiger partial charge is 0.354 e. The van der Waals surface area contributed by atoms with Crippen molar-refractivity contribution in [3.05, 3.63) is 95.6 Å². The molecule has 8 heteroatoms. The average molecular weight is 550 g/mol. The molecule has 0 saturated carbocycles. The number of anilines is 1. The third-order valence-electron chi connectivity index (χ3n) is 6.48. The predicted octanol–water partition coefficient (Wildman–Crippen LogP) is 5.08. The normalized spacial score (nSPS) is 12.2. The first-order chi connectivity index (χ1) is 18.5. The Morgan fingerprint density at radius 1 is 0.846 bits per heavy atom. The summed E-state index contributed by atoms with van der Waals surface area (Å²) in [6.45, 7) is 9.95. The van der Waals surface area contributed by atoms with Crippen molar-refractivity contribution < 1.29 is 18.0 Å². The summed E-state index contributed by atoms with van der Waals surface area (Å²) < 4.78 is 28.8. The molecular weight excluding hydrogens is 510 g/mol. The topological polar surface area (TPSA) is 86.8 Å². The molecule has 3 aromatic carbocycles. The van der Waals surface area contributed by atoms with Crippen molar-refractivity contribution in [1.29, 1.82) is 0 Å². The van der Waals surface area contributed by atoms with E-state index in [1.165, 1.54) is 4.90 Å². The van der Waals surface area contributed by atoms with Crippen LogP contribution in [0.5, 0.6) is 0 Å². The molecule has 0 aliphatic rings. The van der Waals surface area contributed by atoms with E-state index in [-0.39, 0.29) is 23.3 Å². The fourth-order valence-electron chi connectivity index (χ4n) is 4.19. The van der Waals surface area contributed by atoms with Crippen LogP contribution in [0.4, 0.5) is 5.69 Å². The van der Waals surface area contributed by atoms with Gasteiger partial charge in [-0.25, -0.2) is 8.42 Å². The first-order valence-corrected chi connectivity index (χ1v) is 14.7. The van der Waals surface area contributed by atoms with Gasteiger partial charge in [0.05, 0.1) is 10.6 Å². The number of carbonyl (C=O) groups excluding carboxylic acids is 2. The van der Waals surface area contributed by atoms with E-state index < -0.39 is 28.5 Å². The number of hydrogen-bond acceptors (Lipinski definition) is 4. The van der Waals surface area contributed by atoms with Crippen molar-refractivity contribution in [2.24, 2.45) is 5.92 Å². The van der Waals surface area contributed by atoms with E-state index in [0.29, 0.717) is 18.7 Å². The quantitative estimate of drug-likeness (QED) is 0.341. The summed E-state index contributed by atoms with van der Waals surface area (Å²) in [5, 5.41) is 2.95. The first-order valence-electron chi connectivity index (χ1n) is 13.3. The highest BCUT2D eigenvalue weighted by Gasteiger charge is 2.33. The lowest BCUT2D eigenvalue weighted by atomic mass is 10.1. The van der Waals surface area contributed by atoms with Crippen molar-refractivity contribution in [3.8, 4) is 0 Å². The lowest BCUT2D eigenvalue weighted by molar-refractivity contribution is -0.140. The summed E-state index contributed by atoms with van der Waals surface area (Å²) in [5.74, 6) is -0.457. The number of aryl methyl sites for hydroxylation is 2. The first kappa shape index (κ1) is 29.9. The van der Waals surface area contributed by atoms with Crippen LogP contribution in [0.15, 0.2) is 83.8 Å². The number of sulfonamides is 1. The van der Waals surface area contributed by atoms with Gasteiger partial charge in [0.25, 0.3) is 10.0 Å². The lowest BCUT2D eigenvalue weighted by Gasteiger charge is -2.33. The fraction of sp³-hybridized carbons (Fsp3) is 0.355. The highest BCUT2D eigenvalue weighted by atomic mass is 32.2. The molecule has 0 unspecified atom stereocenters. The van der Waals surface area contributed by atoms with Crippen LogP contribution in [0.1, 0.15) is 43.9 Å². The Balaban J connectivity index is 2.01. The summed E-state index contributed by atoms with van der Waals surface area (Å²) in [6.07, 6.45) is 0.386. The molecule has 208 valence electrons. The maximum Gasteiger partial charge on any atom is 0.264 e. The number of nitrogens with one attached hydrogen (secondary N) is 1. The van der Waals surface area contributed by atoms with Crippen molar-refractivity contribution in [2.75, 3.05) is 17.4 Å². The Labute approximate surface area is 232 Å². The van der Waals surface area contributed by atoms with Crippen LogP contribution in [0.3, 0.4) is 0 Å². The second kappa shape index (κ2) is 13.4. The van der Waals surface area contributed by atoms with E-state index in [1.54, 1.807) is 54.6 Å². The summed E-state index contributed by atoms with van der Waals surface area (Å²) >= 11 is 0. The van der Waals surface area contributed by atoms with Gasteiger partial charge < -0.3 is 10.2 Å². The molecule has 0 bridgehead atoms. The van der Waals surface area contributed by atoms with Crippen LogP contribution < -0.4 is 9.62 Å². The highest BCUT2D eigenvalue weighted by molar-refractivity contribution is 7.92. The van der Waals surface area contributed by atoms with Crippen molar-refractivity contribution in [1.82, 2.24) is 10.2 Å². The zero-order chi connectivity index (χ0) is 28.6. The van der Waals surface area contributed by atoms with E-state index in [0.717, 1.165) is 21.0 Å². The smallest absolute Gasteiger partial charge is 0.264 e. The minimum Gasteiger partial charge on any atom is -0.354 e. The van der Waals surface area contributed by atoms with E-state index in [4.69, 9.17) is 0 Å². The summed E-state index contributed by atoms with van der Waals surface area (Å²) in [4.78, 5) is 28.8. The Kier molecular flexibility index (Phi) is 10.3. The highest BCUT2D eigenvalue weighted by Crippen LogP contribution is 2.25. The SMILES string of the molecule is CC[C@H](C(=O)NCC(C)C)N(Cc1ccc(C)cc1)C(=O)CN(c1ccccc1)S(=O)(=O)c1ccc(C)cc1. The van der Waals surface area contributed by atoms with Gasteiger partial charge in [0.2, 0.25) is 11.8 Å². The standard InChI is InChI=1S/C31H39N3O4S/c1-6-29(31(36)32-20-23(2)3)33(21-26-16-12-24(4)13-17-26)30(35)22-34(27-10-8-7-9-11-27)39(37,38)28-18-14-25(5)15-19-28/h7-19,23,29H,6,20-22H2,1-5H3,(H,32,36)/t29-/m1/s1. The molecule has 1 atom stereocenters. The molecule has 0 spiro atoms. The summed E-state index contributed by atoms with van der Waals surface area (Å²) in [7, 11) is -4.07. The van der Waals surface area contributed by atoms with Crippen molar-refractivity contribution in [2.45, 2.75) is 58.5 Å². The van der Waals surface area contributed by atoms with Crippen LogP contribution in [0, 0.1) is 19.8 Å². The zero-order valence-electron chi connectivity index (χ0n) is 23.4. The monoisotopic (exact) mass is 549 g/mol. The summed E-state index contributed by atoms with van der Waals surface area (Å²) in [5.41, 5.74) is 3.24. The lowest BCUT2D eigenvalue weighted by Crippen LogP contribution is -2.52. The van der Waals surface area contributed by atoms with Gasteiger partial charge in [0.15, 0.2) is 0 Å². The van der Waals surface area contributed by atoms with Crippen LogP contribution in [-0.4, -0.2) is 44.3 Å². The molecule has 0 fully saturated rings. The molecule has 0 aliphatic carbocycles.